The van der Waals surface area contributed by atoms with Gasteiger partial charge in [-0.05, 0) is 48.4 Å². The highest BCUT2D eigenvalue weighted by Gasteiger charge is 2.25. The lowest BCUT2D eigenvalue weighted by Crippen LogP contribution is -2.39. The molecular formula is C28H27ClN4O2. The summed E-state index contributed by atoms with van der Waals surface area (Å²) < 4.78 is 2.10. The SMILES string of the molecule is O=C(Nc1ccc(Cl)cc1)N1CCCN(C(=O)c2cc3ccccc3n2Cc2ccccc2)CC1. The third kappa shape index (κ3) is 5.17. The molecule has 0 unspecified atom stereocenters. The zero-order valence-corrected chi connectivity index (χ0v) is 20.1. The number of para-hydroxylation sites is 1. The third-order valence-corrected chi connectivity index (χ3v) is 6.63. The molecule has 5 rings (SSSR count). The van der Waals surface area contributed by atoms with E-state index in [0.29, 0.717) is 49.1 Å². The van der Waals surface area contributed by atoms with Crippen LogP contribution in [0.3, 0.4) is 0 Å². The summed E-state index contributed by atoms with van der Waals surface area (Å²) >= 11 is 5.93. The summed E-state index contributed by atoms with van der Waals surface area (Å²) in [5.41, 5.74) is 3.55. The first-order valence-electron chi connectivity index (χ1n) is 11.8. The lowest BCUT2D eigenvalue weighted by molar-refractivity contribution is 0.0753. The predicted molar refractivity (Wildman–Crippen MR) is 140 cm³/mol. The van der Waals surface area contributed by atoms with E-state index in [0.717, 1.165) is 22.9 Å². The van der Waals surface area contributed by atoms with Crippen molar-refractivity contribution in [2.24, 2.45) is 0 Å². The van der Waals surface area contributed by atoms with Crippen LogP contribution in [0.1, 0.15) is 22.5 Å². The average molecular weight is 487 g/mol. The maximum absolute atomic E-state index is 13.7. The van der Waals surface area contributed by atoms with Crippen LogP contribution in [0.5, 0.6) is 0 Å². The molecule has 7 heteroatoms. The van der Waals surface area contributed by atoms with Crippen LogP contribution in [0.2, 0.25) is 5.02 Å². The smallest absolute Gasteiger partial charge is 0.321 e. The minimum atomic E-state index is -0.167. The molecule has 2 heterocycles. The van der Waals surface area contributed by atoms with Gasteiger partial charge in [0.15, 0.2) is 0 Å². The number of amides is 3. The van der Waals surface area contributed by atoms with Gasteiger partial charge in [-0.25, -0.2) is 4.79 Å². The lowest BCUT2D eigenvalue weighted by Gasteiger charge is -2.23. The maximum Gasteiger partial charge on any atom is 0.321 e. The third-order valence-electron chi connectivity index (χ3n) is 6.38. The average Bonchev–Trinajstić information content (AvgIpc) is 3.06. The van der Waals surface area contributed by atoms with Gasteiger partial charge in [-0.2, -0.15) is 0 Å². The Hall–Kier alpha value is -3.77. The van der Waals surface area contributed by atoms with Crippen molar-refractivity contribution in [3.05, 3.63) is 101 Å². The number of aromatic nitrogens is 1. The zero-order valence-electron chi connectivity index (χ0n) is 19.4. The van der Waals surface area contributed by atoms with Crippen molar-refractivity contribution >= 4 is 40.1 Å². The Morgan fingerprint density at radius 1 is 0.800 bits per heavy atom. The molecule has 3 aromatic carbocycles. The van der Waals surface area contributed by atoms with Gasteiger partial charge in [0, 0.05) is 54.3 Å². The van der Waals surface area contributed by atoms with Gasteiger partial charge < -0.3 is 19.7 Å². The number of urea groups is 1. The second-order valence-corrected chi connectivity index (χ2v) is 9.17. The fourth-order valence-corrected chi connectivity index (χ4v) is 4.67. The largest absolute Gasteiger partial charge is 0.336 e. The molecule has 1 aromatic heterocycles. The molecule has 1 N–H and O–H groups in total. The zero-order chi connectivity index (χ0) is 24.2. The van der Waals surface area contributed by atoms with E-state index in [1.54, 1.807) is 29.2 Å². The number of carbonyl (C=O) groups is 2. The highest BCUT2D eigenvalue weighted by atomic mass is 35.5. The van der Waals surface area contributed by atoms with E-state index in [-0.39, 0.29) is 11.9 Å². The number of fused-ring (bicyclic) bond motifs is 1. The Bertz CT molecular complexity index is 1330. The number of anilines is 1. The van der Waals surface area contributed by atoms with Crippen LogP contribution < -0.4 is 5.32 Å². The van der Waals surface area contributed by atoms with Crippen molar-refractivity contribution in [3.8, 4) is 0 Å². The van der Waals surface area contributed by atoms with Crippen LogP contribution in [0.4, 0.5) is 10.5 Å². The lowest BCUT2D eigenvalue weighted by atomic mass is 10.2. The molecule has 1 aliphatic rings. The van der Waals surface area contributed by atoms with Crippen LogP contribution in [0.25, 0.3) is 10.9 Å². The molecular weight excluding hydrogens is 460 g/mol. The molecule has 3 amide bonds. The minimum absolute atomic E-state index is 0.00269. The first kappa shape index (κ1) is 23.0. The first-order chi connectivity index (χ1) is 17.1. The van der Waals surface area contributed by atoms with Gasteiger partial charge in [0.1, 0.15) is 5.69 Å². The number of halogens is 1. The highest BCUT2D eigenvalue weighted by Crippen LogP contribution is 2.23. The molecule has 0 atom stereocenters. The highest BCUT2D eigenvalue weighted by molar-refractivity contribution is 6.30. The summed E-state index contributed by atoms with van der Waals surface area (Å²) in [5.74, 6) is -0.00269. The number of rotatable bonds is 4. The normalized spacial score (nSPS) is 14.1. The quantitative estimate of drug-likeness (QED) is 0.401. The van der Waals surface area contributed by atoms with E-state index >= 15 is 0 Å². The van der Waals surface area contributed by atoms with Crippen LogP contribution in [-0.2, 0) is 6.54 Å². The second kappa shape index (κ2) is 10.2. The van der Waals surface area contributed by atoms with E-state index < -0.39 is 0 Å². The molecule has 0 bridgehead atoms. The number of nitrogens with one attached hydrogen (secondary N) is 1. The van der Waals surface area contributed by atoms with Gasteiger partial charge in [0.25, 0.3) is 5.91 Å². The standard InChI is InChI=1S/C28H27ClN4O2/c29-23-11-13-24(14-12-23)30-28(35)32-16-6-15-31(17-18-32)27(34)26-19-22-9-4-5-10-25(22)33(26)20-21-7-2-1-3-8-21/h1-5,7-14,19H,6,15-18,20H2,(H,30,35). The minimum Gasteiger partial charge on any atom is -0.336 e. The summed E-state index contributed by atoms with van der Waals surface area (Å²) in [4.78, 5) is 30.1. The van der Waals surface area contributed by atoms with Crippen LogP contribution in [-0.4, -0.2) is 52.5 Å². The van der Waals surface area contributed by atoms with Crippen molar-refractivity contribution in [1.29, 1.82) is 0 Å². The van der Waals surface area contributed by atoms with Crippen molar-refractivity contribution in [2.75, 3.05) is 31.5 Å². The van der Waals surface area contributed by atoms with Crippen LogP contribution >= 0.6 is 11.6 Å². The number of hydrogen-bond donors (Lipinski definition) is 1. The Morgan fingerprint density at radius 2 is 1.49 bits per heavy atom. The molecule has 1 saturated heterocycles. The molecule has 0 radical (unpaired) electrons. The first-order valence-corrected chi connectivity index (χ1v) is 12.2. The fourth-order valence-electron chi connectivity index (χ4n) is 4.55. The van der Waals surface area contributed by atoms with Gasteiger partial charge in [0.2, 0.25) is 0 Å². The Labute approximate surface area is 209 Å². The summed E-state index contributed by atoms with van der Waals surface area (Å²) in [5, 5.41) is 4.59. The second-order valence-electron chi connectivity index (χ2n) is 8.73. The summed E-state index contributed by atoms with van der Waals surface area (Å²) in [6.45, 7) is 2.79. The summed E-state index contributed by atoms with van der Waals surface area (Å²) in [6.07, 6.45) is 0.721. The molecule has 35 heavy (non-hydrogen) atoms. The van der Waals surface area contributed by atoms with Gasteiger partial charge in [0.05, 0.1) is 0 Å². The Balaban J connectivity index is 1.32. The number of carbonyl (C=O) groups excluding carboxylic acids is 2. The number of hydrogen-bond acceptors (Lipinski definition) is 2. The molecule has 0 aliphatic carbocycles. The molecule has 6 nitrogen and oxygen atoms in total. The Morgan fingerprint density at radius 3 is 2.29 bits per heavy atom. The van der Waals surface area contributed by atoms with E-state index in [1.165, 1.54) is 0 Å². The Kier molecular flexibility index (Phi) is 6.73. The van der Waals surface area contributed by atoms with E-state index in [9.17, 15) is 9.59 Å². The van der Waals surface area contributed by atoms with Gasteiger partial charge in [-0.15, -0.1) is 0 Å². The number of benzene rings is 3. The molecule has 1 aliphatic heterocycles. The van der Waals surface area contributed by atoms with E-state index in [4.69, 9.17) is 11.6 Å². The topological polar surface area (TPSA) is 57.6 Å². The van der Waals surface area contributed by atoms with Crippen molar-refractivity contribution in [3.63, 3.8) is 0 Å². The molecule has 0 saturated carbocycles. The van der Waals surface area contributed by atoms with Gasteiger partial charge >= 0.3 is 6.03 Å². The van der Waals surface area contributed by atoms with Crippen molar-refractivity contribution < 1.29 is 9.59 Å². The molecule has 4 aromatic rings. The maximum atomic E-state index is 13.7. The molecule has 178 valence electrons. The van der Waals surface area contributed by atoms with Crippen LogP contribution in [0, 0.1) is 0 Å². The van der Waals surface area contributed by atoms with Crippen LogP contribution in [0.15, 0.2) is 84.9 Å². The summed E-state index contributed by atoms with van der Waals surface area (Å²) in [6, 6.07) is 27.1. The summed E-state index contributed by atoms with van der Waals surface area (Å²) in [7, 11) is 0. The van der Waals surface area contributed by atoms with Gasteiger partial charge in [-0.1, -0.05) is 60.1 Å². The molecule has 1 fully saturated rings. The van der Waals surface area contributed by atoms with E-state index in [2.05, 4.69) is 28.1 Å². The van der Waals surface area contributed by atoms with E-state index in [1.807, 2.05) is 47.4 Å². The van der Waals surface area contributed by atoms with Crippen molar-refractivity contribution in [2.45, 2.75) is 13.0 Å². The van der Waals surface area contributed by atoms with Crippen molar-refractivity contribution in [1.82, 2.24) is 14.4 Å². The van der Waals surface area contributed by atoms with Gasteiger partial charge in [-0.3, -0.25) is 4.79 Å². The molecule has 0 spiro atoms. The fraction of sp³-hybridized carbons (Fsp3) is 0.214. The predicted octanol–water partition coefficient (Wildman–Crippen LogP) is 5.72. The monoisotopic (exact) mass is 486 g/mol. The number of nitrogens with zero attached hydrogens (tertiary/aromatic N) is 3.